The predicted molar refractivity (Wildman–Crippen MR) is 105 cm³/mol. The van der Waals surface area contributed by atoms with Gasteiger partial charge in [-0.25, -0.2) is 4.79 Å². The predicted octanol–water partition coefficient (Wildman–Crippen LogP) is 3.40. The van der Waals surface area contributed by atoms with E-state index in [1.165, 1.54) is 24.3 Å². The number of aromatic nitrogens is 1. The Morgan fingerprint density at radius 3 is 2.48 bits per heavy atom. The van der Waals surface area contributed by atoms with Crippen LogP contribution in [0.25, 0.3) is 0 Å². The van der Waals surface area contributed by atoms with E-state index in [1.807, 2.05) is 0 Å². The van der Waals surface area contributed by atoms with Crippen LogP contribution in [-0.4, -0.2) is 35.9 Å². The standard InChI is InChI=1S/C20H18ClF3N4O3/c21-13-7-8-14(26-16(13)10-1-2-10)17(28-18(29)15-9-25-19(30)27-15)11-3-5-12(6-4-11)31-20(22,23)24/h3-8,10,15,17H,1-2,9H2,(H,28,29)(H2,25,27,30)/t15-,17+/m0/s1. The summed E-state index contributed by atoms with van der Waals surface area (Å²) in [5, 5.41) is 8.35. The third-order valence-electron chi connectivity index (χ3n) is 4.98. The van der Waals surface area contributed by atoms with Crippen molar-refractivity contribution in [2.75, 3.05) is 6.54 Å². The quantitative estimate of drug-likeness (QED) is 0.624. The van der Waals surface area contributed by atoms with Crippen molar-refractivity contribution in [3.63, 3.8) is 0 Å². The lowest BCUT2D eigenvalue weighted by Gasteiger charge is -2.22. The number of benzene rings is 1. The molecule has 0 bridgehead atoms. The Morgan fingerprint density at radius 1 is 1.19 bits per heavy atom. The minimum Gasteiger partial charge on any atom is -0.406 e. The van der Waals surface area contributed by atoms with Crippen LogP contribution in [0, 0.1) is 0 Å². The summed E-state index contributed by atoms with van der Waals surface area (Å²) >= 11 is 6.26. The fourth-order valence-electron chi connectivity index (χ4n) is 3.32. The van der Waals surface area contributed by atoms with Crippen LogP contribution in [0.1, 0.15) is 41.8 Å². The fourth-order valence-corrected chi connectivity index (χ4v) is 3.58. The summed E-state index contributed by atoms with van der Waals surface area (Å²) in [6.07, 6.45) is -2.87. The molecule has 0 unspecified atom stereocenters. The van der Waals surface area contributed by atoms with Gasteiger partial charge in [-0.1, -0.05) is 23.7 Å². The SMILES string of the molecule is O=C1NC[C@@H](C(=O)N[C@H](c2ccc(OC(F)(F)F)cc2)c2ccc(Cl)c(C3CC3)n2)N1. The van der Waals surface area contributed by atoms with Crippen LogP contribution >= 0.6 is 11.6 Å². The number of rotatable bonds is 6. The maximum absolute atomic E-state index is 12.7. The normalized spacial score (nSPS) is 19.4. The second kappa shape index (κ2) is 8.26. The first-order valence-corrected chi connectivity index (χ1v) is 9.94. The van der Waals surface area contributed by atoms with E-state index in [1.54, 1.807) is 12.1 Å². The molecule has 1 saturated heterocycles. The van der Waals surface area contributed by atoms with Crippen molar-refractivity contribution in [1.29, 1.82) is 0 Å². The first-order valence-electron chi connectivity index (χ1n) is 9.56. The van der Waals surface area contributed by atoms with Gasteiger partial charge in [-0.15, -0.1) is 13.2 Å². The number of hydrogen-bond donors (Lipinski definition) is 3. The van der Waals surface area contributed by atoms with Gasteiger partial charge >= 0.3 is 12.4 Å². The van der Waals surface area contributed by atoms with Crippen LogP contribution in [-0.2, 0) is 4.79 Å². The highest BCUT2D eigenvalue weighted by atomic mass is 35.5. The second-order valence-electron chi connectivity index (χ2n) is 7.34. The third kappa shape index (κ3) is 5.19. The fraction of sp³-hybridized carbons (Fsp3) is 0.350. The van der Waals surface area contributed by atoms with Gasteiger partial charge in [-0.3, -0.25) is 9.78 Å². The van der Waals surface area contributed by atoms with Crippen molar-refractivity contribution >= 4 is 23.5 Å². The maximum Gasteiger partial charge on any atom is 0.573 e. The first kappa shape index (κ1) is 21.2. The van der Waals surface area contributed by atoms with Gasteiger partial charge in [0.2, 0.25) is 5.91 Å². The molecule has 2 aromatic rings. The molecule has 2 aliphatic rings. The zero-order valence-corrected chi connectivity index (χ0v) is 16.8. The van der Waals surface area contributed by atoms with Crippen molar-refractivity contribution in [1.82, 2.24) is 20.9 Å². The lowest BCUT2D eigenvalue weighted by molar-refractivity contribution is -0.274. The highest BCUT2D eigenvalue weighted by Crippen LogP contribution is 2.42. The van der Waals surface area contributed by atoms with Gasteiger partial charge in [0.15, 0.2) is 0 Å². The summed E-state index contributed by atoms with van der Waals surface area (Å²) in [6.45, 7) is 0.122. The molecule has 7 nitrogen and oxygen atoms in total. The molecule has 1 aliphatic heterocycles. The largest absolute Gasteiger partial charge is 0.573 e. The number of urea groups is 1. The molecule has 2 fully saturated rings. The average Bonchev–Trinajstić information content (AvgIpc) is 3.46. The van der Waals surface area contributed by atoms with Gasteiger partial charge in [0, 0.05) is 12.5 Å². The van der Waals surface area contributed by atoms with Gasteiger partial charge in [-0.05, 0) is 42.7 Å². The molecule has 4 rings (SSSR count). The average molecular weight is 455 g/mol. The van der Waals surface area contributed by atoms with E-state index in [9.17, 15) is 22.8 Å². The van der Waals surface area contributed by atoms with Crippen LogP contribution in [0.3, 0.4) is 0 Å². The molecule has 1 aromatic carbocycles. The molecular weight excluding hydrogens is 437 g/mol. The number of nitrogens with one attached hydrogen (secondary N) is 3. The zero-order valence-electron chi connectivity index (χ0n) is 16.0. The Hall–Kier alpha value is -3.01. The topological polar surface area (TPSA) is 92.4 Å². The van der Waals surface area contributed by atoms with Crippen molar-refractivity contribution in [3.8, 4) is 5.75 Å². The Morgan fingerprint density at radius 2 is 1.90 bits per heavy atom. The number of halogens is 4. The summed E-state index contributed by atoms with van der Waals surface area (Å²) in [7, 11) is 0. The molecule has 1 aromatic heterocycles. The van der Waals surface area contributed by atoms with Crippen molar-refractivity contribution < 1.29 is 27.5 Å². The molecule has 2 atom stereocenters. The Labute approximate surface area is 180 Å². The highest BCUT2D eigenvalue weighted by molar-refractivity contribution is 6.31. The van der Waals surface area contributed by atoms with Crippen LogP contribution in [0.15, 0.2) is 36.4 Å². The van der Waals surface area contributed by atoms with E-state index in [0.717, 1.165) is 18.5 Å². The molecular formula is C20H18ClF3N4O3. The Bertz CT molecular complexity index is 996. The van der Waals surface area contributed by atoms with E-state index >= 15 is 0 Å². The van der Waals surface area contributed by atoms with E-state index in [2.05, 4.69) is 25.7 Å². The molecule has 164 valence electrons. The minimum atomic E-state index is -4.81. The van der Waals surface area contributed by atoms with Gasteiger partial charge in [0.05, 0.1) is 22.5 Å². The van der Waals surface area contributed by atoms with Crippen LogP contribution in [0.4, 0.5) is 18.0 Å². The number of pyridine rings is 1. The van der Waals surface area contributed by atoms with Gasteiger partial charge in [-0.2, -0.15) is 0 Å². The zero-order chi connectivity index (χ0) is 22.2. The minimum absolute atomic E-state index is 0.122. The van der Waals surface area contributed by atoms with Crippen molar-refractivity contribution in [2.24, 2.45) is 0 Å². The molecule has 11 heteroatoms. The Balaban J connectivity index is 1.63. The Kier molecular flexibility index (Phi) is 5.65. The van der Waals surface area contributed by atoms with Gasteiger partial charge < -0.3 is 20.7 Å². The number of carbonyl (C=O) groups excluding carboxylic acids is 2. The van der Waals surface area contributed by atoms with Crippen LogP contribution in [0.5, 0.6) is 5.75 Å². The molecule has 2 heterocycles. The number of nitrogens with zero attached hydrogens (tertiary/aromatic N) is 1. The van der Waals surface area contributed by atoms with Crippen molar-refractivity contribution in [3.05, 3.63) is 58.4 Å². The summed E-state index contributed by atoms with van der Waals surface area (Å²) in [5.74, 6) is -0.579. The third-order valence-corrected chi connectivity index (χ3v) is 5.30. The van der Waals surface area contributed by atoms with E-state index < -0.39 is 30.4 Å². The molecule has 1 saturated carbocycles. The maximum atomic E-state index is 12.7. The summed E-state index contributed by atoms with van der Waals surface area (Å²) in [5.41, 5.74) is 1.71. The molecule has 3 N–H and O–H groups in total. The summed E-state index contributed by atoms with van der Waals surface area (Å²) < 4.78 is 41.3. The molecule has 1 aliphatic carbocycles. The van der Waals surface area contributed by atoms with Crippen LogP contribution < -0.4 is 20.7 Å². The van der Waals surface area contributed by atoms with Crippen molar-refractivity contribution in [2.45, 2.75) is 37.2 Å². The molecule has 3 amide bonds. The lowest BCUT2D eigenvalue weighted by Crippen LogP contribution is -2.44. The highest BCUT2D eigenvalue weighted by Gasteiger charge is 2.33. The number of alkyl halides is 3. The number of ether oxygens (including phenoxy) is 1. The molecule has 31 heavy (non-hydrogen) atoms. The smallest absolute Gasteiger partial charge is 0.406 e. The number of amides is 3. The summed E-state index contributed by atoms with van der Waals surface area (Å²) in [4.78, 5) is 28.7. The molecule has 0 spiro atoms. The van der Waals surface area contributed by atoms with E-state index in [4.69, 9.17) is 11.6 Å². The van der Waals surface area contributed by atoms with Crippen LogP contribution in [0.2, 0.25) is 5.02 Å². The lowest BCUT2D eigenvalue weighted by atomic mass is 10.0. The van der Waals surface area contributed by atoms with Gasteiger partial charge in [0.25, 0.3) is 0 Å². The monoisotopic (exact) mass is 454 g/mol. The first-order chi connectivity index (χ1) is 14.7. The molecule has 0 radical (unpaired) electrons. The second-order valence-corrected chi connectivity index (χ2v) is 7.75. The number of hydrogen-bond acceptors (Lipinski definition) is 4. The van der Waals surface area contributed by atoms with E-state index in [0.29, 0.717) is 16.3 Å². The van der Waals surface area contributed by atoms with Gasteiger partial charge in [0.1, 0.15) is 11.8 Å². The summed E-state index contributed by atoms with van der Waals surface area (Å²) in [6, 6.07) is 6.53. The number of carbonyl (C=O) groups is 2. The van der Waals surface area contributed by atoms with E-state index in [-0.39, 0.29) is 18.2 Å².